The Morgan fingerprint density at radius 3 is 2.59 bits per heavy atom. The Labute approximate surface area is 169 Å². The number of benzene rings is 2. The zero-order chi connectivity index (χ0) is 19.6. The third-order valence-corrected chi connectivity index (χ3v) is 7.73. The first kappa shape index (κ1) is 20.2. The van der Waals surface area contributed by atoms with Gasteiger partial charge in [0.05, 0.1) is 17.1 Å². The van der Waals surface area contributed by atoms with E-state index in [4.69, 9.17) is 11.6 Å². The van der Waals surface area contributed by atoms with E-state index in [-0.39, 0.29) is 17.3 Å². The van der Waals surface area contributed by atoms with Crippen LogP contribution < -0.4 is 4.90 Å². The average molecular weight is 425 g/mol. The van der Waals surface area contributed by atoms with Gasteiger partial charge in [0.1, 0.15) is 0 Å². The van der Waals surface area contributed by atoms with Crippen molar-refractivity contribution in [3.63, 3.8) is 0 Å². The monoisotopic (exact) mass is 424 g/mol. The topological polar surface area (TPSA) is 57.7 Å². The summed E-state index contributed by atoms with van der Waals surface area (Å²) >= 11 is 7.57. The lowest BCUT2D eigenvalue weighted by Crippen LogP contribution is -2.41. The Hall–Kier alpha value is -1.54. The van der Waals surface area contributed by atoms with Crippen LogP contribution in [0, 0.1) is 0 Å². The zero-order valence-corrected chi connectivity index (χ0v) is 17.5. The van der Waals surface area contributed by atoms with Crippen LogP contribution in [0.1, 0.15) is 13.3 Å². The molecule has 0 saturated heterocycles. The minimum atomic E-state index is -3.76. The Morgan fingerprint density at radius 2 is 1.89 bits per heavy atom. The largest absolute Gasteiger partial charge is 0.310 e. The first-order chi connectivity index (χ1) is 12.8. The third-order valence-electron chi connectivity index (χ3n) is 4.42. The summed E-state index contributed by atoms with van der Waals surface area (Å²) in [7, 11) is -2.35. The van der Waals surface area contributed by atoms with E-state index in [0.717, 1.165) is 21.3 Å². The van der Waals surface area contributed by atoms with Gasteiger partial charge >= 0.3 is 0 Å². The second kappa shape index (κ2) is 8.22. The number of halogens is 1. The SMILES string of the molecule is C[C@H]1CCN(C(=O)CN(C)S(=O)(=O)c2ccc(Cl)cc2)c2ccccc2S1. The lowest BCUT2D eigenvalue weighted by molar-refractivity contribution is -0.118. The third kappa shape index (κ3) is 4.48. The number of sulfonamides is 1. The van der Waals surface area contributed by atoms with Crippen molar-refractivity contribution in [2.24, 2.45) is 0 Å². The molecule has 2 aromatic carbocycles. The van der Waals surface area contributed by atoms with Crippen molar-refractivity contribution in [2.75, 3.05) is 25.0 Å². The summed E-state index contributed by atoms with van der Waals surface area (Å²) < 4.78 is 26.6. The fraction of sp³-hybridized carbons (Fsp3) is 0.316. The number of para-hydroxylation sites is 1. The van der Waals surface area contributed by atoms with Gasteiger partial charge < -0.3 is 4.90 Å². The van der Waals surface area contributed by atoms with Gasteiger partial charge in [0.2, 0.25) is 15.9 Å². The standard InChI is InChI=1S/C19H21ClN2O3S2/c1-14-11-12-22(17-5-3-4-6-18(17)26-14)19(23)13-21(2)27(24,25)16-9-7-15(20)8-10-16/h3-10,14H,11-13H2,1-2H3/t14-/m0/s1. The van der Waals surface area contributed by atoms with Crippen LogP contribution in [0.4, 0.5) is 5.69 Å². The highest BCUT2D eigenvalue weighted by Gasteiger charge is 2.28. The molecule has 0 spiro atoms. The van der Waals surface area contributed by atoms with Crippen molar-refractivity contribution >= 4 is 45.0 Å². The minimum absolute atomic E-state index is 0.114. The maximum absolute atomic E-state index is 13.0. The molecule has 27 heavy (non-hydrogen) atoms. The second-order valence-electron chi connectivity index (χ2n) is 6.45. The van der Waals surface area contributed by atoms with E-state index in [1.165, 1.54) is 31.3 Å². The van der Waals surface area contributed by atoms with E-state index in [1.807, 2.05) is 24.3 Å². The molecular formula is C19H21ClN2O3S2. The predicted octanol–water partition coefficient (Wildman–Crippen LogP) is 3.88. The van der Waals surface area contributed by atoms with E-state index >= 15 is 0 Å². The molecule has 3 rings (SSSR count). The predicted molar refractivity (Wildman–Crippen MR) is 110 cm³/mol. The number of amides is 1. The maximum atomic E-state index is 13.0. The van der Waals surface area contributed by atoms with Crippen LogP contribution in [0.3, 0.4) is 0 Å². The molecule has 0 aromatic heterocycles. The van der Waals surface area contributed by atoms with Gasteiger partial charge in [-0.15, -0.1) is 11.8 Å². The minimum Gasteiger partial charge on any atom is -0.310 e. The van der Waals surface area contributed by atoms with Crippen LogP contribution in [-0.4, -0.2) is 44.0 Å². The van der Waals surface area contributed by atoms with E-state index in [2.05, 4.69) is 6.92 Å². The summed E-state index contributed by atoms with van der Waals surface area (Å²) in [5.41, 5.74) is 0.842. The molecule has 0 radical (unpaired) electrons. The fourth-order valence-corrected chi connectivity index (χ4v) is 5.25. The van der Waals surface area contributed by atoms with Gasteiger partial charge in [-0.05, 0) is 42.8 Å². The first-order valence-electron chi connectivity index (χ1n) is 8.57. The van der Waals surface area contributed by atoms with Crippen LogP contribution in [0.15, 0.2) is 58.3 Å². The van der Waals surface area contributed by atoms with E-state index in [9.17, 15) is 13.2 Å². The van der Waals surface area contributed by atoms with Crippen molar-refractivity contribution < 1.29 is 13.2 Å². The smallest absolute Gasteiger partial charge is 0.243 e. The number of thioether (sulfide) groups is 1. The lowest BCUT2D eigenvalue weighted by Gasteiger charge is -2.25. The normalized spacial score (nSPS) is 17.5. The number of hydrogen-bond donors (Lipinski definition) is 0. The van der Waals surface area contributed by atoms with Gasteiger partial charge in [0.25, 0.3) is 0 Å². The van der Waals surface area contributed by atoms with Crippen LogP contribution in [0.5, 0.6) is 0 Å². The average Bonchev–Trinajstić information content (AvgIpc) is 2.80. The molecule has 144 valence electrons. The van der Waals surface area contributed by atoms with Crippen LogP contribution in [0.25, 0.3) is 0 Å². The summed E-state index contributed by atoms with van der Waals surface area (Å²) in [6, 6.07) is 13.7. The zero-order valence-electron chi connectivity index (χ0n) is 15.1. The summed E-state index contributed by atoms with van der Waals surface area (Å²) in [5.74, 6) is -0.239. The maximum Gasteiger partial charge on any atom is 0.243 e. The molecule has 1 atom stereocenters. The molecule has 1 aliphatic rings. The Bertz CT molecular complexity index is 932. The Morgan fingerprint density at radius 1 is 1.22 bits per heavy atom. The number of anilines is 1. The van der Waals surface area contributed by atoms with E-state index in [1.54, 1.807) is 16.7 Å². The fourth-order valence-electron chi connectivity index (χ4n) is 2.89. The molecule has 2 aromatic rings. The summed E-state index contributed by atoms with van der Waals surface area (Å²) in [4.78, 5) is 15.8. The summed E-state index contributed by atoms with van der Waals surface area (Å²) in [6.45, 7) is 2.48. The second-order valence-corrected chi connectivity index (χ2v) is 10.4. The lowest BCUT2D eigenvalue weighted by atomic mass is 10.2. The highest BCUT2D eigenvalue weighted by Crippen LogP contribution is 2.37. The Kier molecular flexibility index (Phi) is 6.15. The molecule has 0 fully saturated rings. The van der Waals surface area contributed by atoms with Crippen LogP contribution in [0.2, 0.25) is 5.02 Å². The molecule has 0 unspecified atom stereocenters. The van der Waals surface area contributed by atoms with Gasteiger partial charge in [0, 0.05) is 28.8 Å². The number of nitrogens with zero attached hydrogens (tertiary/aromatic N) is 2. The molecule has 0 saturated carbocycles. The molecule has 0 aliphatic carbocycles. The molecule has 0 bridgehead atoms. The van der Waals surface area contributed by atoms with Crippen molar-refractivity contribution in [1.29, 1.82) is 0 Å². The molecule has 5 nitrogen and oxygen atoms in total. The number of fused-ring (bicyclic) bond motifs is 1. The first-order valence-corrected chi connectivity index (χ1v) is 11.3. The highest BCUT2D eigenvalue weighted by atomic mass is 35.5. The Balaban J connectivity index is 1.81. The van der Waals surface area contributed by atoms with Gasteiger partial charge in [-0.1, -0.05) is 30.7 Å². The number of carbonyl (C=O) groups is 1. The molecule has 8 heteroatoms. The van der Waals surface area contributed by atoms with Gasteiger partial charge in [-0.2, -0.15) is 4.31 Å². The van der Waals surface area contributed by atoms with E-state index in [0.29, 0.717) is 16.8 Å². The molecule has 1 aliphatic heterocycles. The summed E-state index contributed by atoms with van der Waals surface area (Å²) in [6.07, 6.45) is 0.846. The molecule has 1 amide bonds. The van der Waals surface area contributed by atoms with Crippen LogP contribution in [-0.2, 0) is 14.8 Å². The summed E-state index contributed by atoms with van der Waals surface area (Å²) in [5, 5.41) is 0.847. The van der Waals surface area contributed by atoms with Crippen molar-refractivity contribution in [3.05, 3.63) is 53.6 Å². The van der Waals surface area contributed by atoms with Crippen molar-refractivity contribution in [1.82, 2.24) is 4.31 Å². The highest BCUT2D eigenvalue weighted by molar-refractivity contribution is 8.00. The molecular weight excluding hydrogens is 404 g/mol. The molecule has 0 N–H and O–H groups in total. The van der Waals surface area contributed by atoms with E-state index < -0.39 is 10.0 Å². The van der Waals surface area contributed by atoms with Gasteiger partial charge in [-0.3, -0.25) is 4.79 Å². The van der Waals surface area contributed by atoms with Gasteiger partial charge in [-0.25, -0.2) is 8.42 Å². The number of carbonyl (C=O) groups excluding carboxylic acids is 1. The number of rotatable bonds is 4. The number of likely N-dealkylation sites (N-methyl/N-ethyl adjacent to an activating group) is 1. The van der Waals surface area contributed by atoms with Crippen molar-refractivity contribution in [2.45, 2.75) is 28.4 Å². The molecule has 1 heterocycles. The van der Waals surface area contributed by atoms with Crippen LogP contribution >= 0.6 is 23.4 Å². The quantitative estimate of drug-likeness (QED) is 0.747. The number of hydrogen-bond acceptors (Lipinski definition) is 4. The van der Waals surface area contributed by atoms with Gasteiger partial charge in [0.15, 0.2) is 0 Å². The van der Waals surface area contributed by atoms with Crippen molar-refractivity contribution in [3.8, 4) is 0 Å².